The first-order valence-electron chi connectivity index (χ1n) is 7.19. The first kappa shape index (κ1) is 14.2. The largest absolute Gasteiger partial charge is 0.496 e. The number of ether oxygens (including phenoxy) is 2. The molecule has 0 N–H and O–H groups in total. The zero-order chi connectivity index (χ0) is 15.2. The van der Waals surface area contributed by atoms with E-state index >= 15 is 0 Å². The van der Waals surface area contributed by atoms with Gasteiger partial charge in [0.2, 0.25) is 0 Å². The summed E-state index contributed by atoms with van der Waals surface area (Å²) in [7, 11) is 1.68. The second-order valence-electron chi connectivity index (χ2n) is 4.89. The van der Waals surface area contributed by atoms with E-state index < -0.39 is 0 Å². The molecule has 1 radical (unpaired) electrons. The van der Waals surface area contributed by atoms with Crippen LogP contribution < -0.4 is 9.47 Å². The molecule has 0 aromatic heterocycles. The summed E-state index contributed by atoms with van der Waals surface area (Å²) >= 11 is 0. The Morgan fingerprint density at radius 1 is 0.864 bits per heavy atom. The summed E-state index contributed by atoms with van der Waals surface area (Å²) in [5.41, 5.74) is 2.08. The van der Waals surface area contributed by atoms with Crippen LogP contribution in [-0.4, -0.2) is 7.11 Å². The van der Waals surface area contributed by atoms with Crippen molar-refractivity contribution in [2.45, 2.75) is 6.10 Å². The molecule has 0 amide bonds. The van der Waals surface area contributed by atoms with Gasteiger partial charge in [0.05, 0.1) is 7.11 Å². The van der Waals surface area contributed by atoms with Gasteiger partial charge in [-0.05, 0) is 29.8 Å². The zero-order valence-corrected chi connectivity index (χ0v) is 12.4. The first-order valence-corrected chi connectivity index (χ1v) is 7.19. The Labute approximate surface area is 131 Å². The molecule has 0 aliphatic heterocycles. The fourth-order valence-electron chi connectivity index (χ4n) is 2.41. The van der Waals surface area contributed by atoms with Gasteiger partial charge in [-0.2, -0.15) is 0 Å². The van der Waals surface area contributed by atoms with Crippen molar-refractivity contribution in [2.24, 2.45) is 0 Å². The van der Waals surface area contributed by atoms with Crippen LogP contribution in [-0.2, 0) is 0 Å². The Kier molecular flexibility index (Phi) is 4.40. The fourth-order valence-corrected chi connectivity index (χ4v) is 2.41. The highest BCUT2D eigenvalue weighted by molar-refractivity contribution is 5.41. The molecule has 109 valence electrons. The molecule has 0 saturated heterocycles. The highest BCUT2D eigenvalue weighted by atomic mass is 16.5. The maximum absolute atomic E-state index is 6.22. The first-order chi connectivity index (χ1) is 10.9. The van der Waals surface area contributed by atoms with Crippen LogP contribution in [0.15, 0.2) is 78.9 Å². The van der Waals surface area contributed by atoms with Crippen LogP contribution >= 0.6 is 0 Å². The standard InChI is InChI=1S/C20H17O2/c1-21-19-15-9-8-14-18(19)20(16-10-4-2-5-11-16)22-17-12-6-3-7-13-17/h2-6,8-15,20H,1H3. The lowest BCUT2D eigenvalue weighted by Crippen LogP contribution is -2.10. The Morgan fingerprint density at radius 2 is 1.64 bits per heavy atom. The molecule has 0 heterocycles. The molecule has 0 saturated carbocycles. The zero-order valence-electron chi connectivity index (χ0n) is 12.4. The van der Waals surface area contributed by atoms with Crippen molar-refractivity contribution in [3.8, 4) is 11.5 Å². The van der Waals surface area contributed by atoms with E-state index in [1.807, 2.05) is 66.7 Å². The molecule has 1 atom stereocenters. The minimum absolute atomic E-state index is 0.229. The quantitative estimate of drug-likeness (QED) is 0.680. The minimum atomic E-state index is -0.229. The third-order valence-corrected chi connectivity index (χ3v) is 3.46. The molecule has 0 spiro atoms. The van der Waals surface area contributed by atoms with Crippen LogP contribution in [0.25, 0.3) is 0 Å². The summed E-state index contributed by atoms with van der Waals surface area (Å²) in [6.45, 7) is 0. The lowest BCUT2D eigenvalue weighted by Gasteiger charge is -2.22. The lowest BCUT2D eigenvalue weighted by molar-refractivity contribution is 0.241. The molecule has 3 rings (SSSR count). The number of hydrogen-bond acceptors (Lipinski definition) is 2. The second-order valence-corrected chi connectivity index (χ2v) is 4.89. The van der Waals surface area contributed by atoms with Gasteiger partial charge >= 0.3 is 0 Å². The summed E-state index contributed by atoms with van der Waals surface area (Å²) < 4.78 is 11.7. The maximum Gasteiger partial charge on any atom is 0.152 e. The SMILES string of the molecule is COc1ccccc1C(Oc1c[c]ccc1)c1ccccc1. The number of para-hydroxylation sites is 1. The van der Waals surface area contributed by atoms with Gasteiger partial charge in [-0.1, -0.05) is 60.7 Å². The van der Waals surface area contributed by atoms with Crippen molar-refractivity contribution in [2.75, 3.05) is 7.11 Å². The predicted molar refractivity (Wildman–Crippen MR) is 87.2 cm³/mol. The Bertz CT molecular complexity index is 708. The Balaban J connectivity index is 2.03. The van der Waals surface area contributed by atoms with E-state index in [-0.39, 0.29) is 6.10 Å². The molecular formula is C20H17O2. The highest BCUT2D eigenvalue weighted by Gasteiger charge is 2.19. The number of rotatable bonds is 5. The second kappa shape index (κ2) is 6.81. The molecule has 0 fully saturated rings. The Morgan fingerprint density at radius 3 is 2.36 bits per heavy atom. The maximum atomic E-state index is 6.22. The van der Waals surface area contributed by atoms with Gasteiger partial charge in [0, 0.05) is 5.56 Å². The average Bonchev–Trinajstić information content (AvgIpc) is 2.61. The normalized spacial score (nSPS) is 11.7. The molecule has 2 heteroatoms. The van der Waals surface area contributed by atoms with E-state index in [0.29, 0.717) is 0 Å². The third-order valence-electron chi connectivity index (χ3n) is 3.46. The summed E-state index contributed by atoms with van der Waals surface area (Å²) in [4.78, 5) is 0. The smallest absolute Gasteiger partial charge is 0.152 e. The van der Waals surface area contributed by atoms with Crippen molar-refractivity contribution in [3.05, 3.63) is 96.1 Å². The minimum Gasteiger partial charge on any atom is -0.496 e. The van der Waals surface area contributed by atoms with E-state index in [9.17, 15) is 0 Å². The molecule has 22 heavy (non-hydrogen) atoms. The van der Waals surface area contributed by atoms with Crippen LogP contribution in [0, 0.1) is 6.07 Å². The van der Waals surface area contributed by atoms with Crippen LogP contribution in [0.3, 0.4) is 0 Å². The number of hydrogen-bond donors (Lipinski definition) is 0. The van der Waals surface area contributed by atoms with Crippen molar-refractivity contribution < 1.29 is 9.47 Å². The summed E-state index contributed by atoms with van der Waals surface area (Å²) in [5, 5.41) is 0. The summed E-state index contributed by atoms with van der Waals surface area (Å²) in [5.74, 6) is 1.60. The summed E-state index contributed by atoms with van der Waals surface area (Å²) in [6.07, 6.45) is -0.229. The van der Waals surface area contributed by atoms with Gasteiger partial charge < -0.3 is 9.47 Å². The van der Waals surface area contributed by atoms with Gasteiger partial charge in [-0.3, -0.25) is 0 Å². The predicted octanol–water partition coefficient (Wildman–Crippen LogP) is 4.66. The van der Waals surface area contributed by atoms with Crippen molar-refractivity contribution >= 4 is 0 Å². The number of methoxy groups -OCH3 is 1. The van der Waals surface area contributed by atoms with Gasteiger partial charge in [-0.15, -0.1) is 0 Å². The average molecular weight is 289 g/mol. The molecule has 3 aromatic rings. The molecular weight excluding hydrogens is 272 g/mol. The van der Waals surface area contributed by atoms with E-state index in [0.717, 1.165) is 22.6 Å². The monoisotopic (exact) mass is 289 g/mol. The van der Waals surface area contributed by atoms with Gasteiger partial charge in [-0.25, -0.2) is 0 Å². The van der Waals surface area contributed by atoms with E-state index in [2.05, 4.69) is 18.2 Å². The van der Waals surface area contributed by atoms with Crippen LogP contribution in [0.1, 0.15) is 17.2 Å². The van der Waals surface area contributed by atoms with Gasteiger partial charge in [0.15, 0.2) is 6.10 Å². The van der Waals surface area contributed by atoms with Crippen LogP contribution in [0.2, 0.25) is 0 Å². The van der Waals surface area contributed by atoms with E-state index in [1.165, 1.54) is 0 Å². The van der Waals surface area contributed by atoms with Gasteiger partial charge in [0.1, 0.15) is 11.5 Å². The fraction of sp³-hybridized carbons (Fsp3) is 0.100. The van der Waals surface area contributed by atoms with Crippen LogP contribution in [0.4, 0.5) is 0 Å². The molecule has 2 nitrogen and oxygen atoms in total. The highest BCUT2D eigenvalue weighted by Crippen LogP contribution is 2.33. The topological polar surface area (TPSA) is 18.5 Å². The van der Waals surface area contributed by atoms with E-state index in [1.54, 1.807) is 7.11 Å². The lowest BCUT2D eigenvalue weighted by atomic mass is 10.0. The third kappa shape index (κ3) is 3.12. The number of benzene rings is 3. The summed E-state index contributed by atoms with van der Waals surface area (Å²) in [6, 6.07) is 28.7. The van der Waals surface area contributed by atoms with Crippen molar-refractivity contribution in [1.29, 1.82) is 0 Å². The molecule has 1 unspecified atom stereocenters. The van der Waals surface area contributed by atoms with E-state index in [4.69, 9.17) is 9.47 Å². The molecule has 0 bridgehead atoms. The van der Waals surface area contributed by atoms with Gasteiger partial charge in [0.25, 0.3) is 0 Å². The van der Waals surface area contributed by atoms with Crippen LogP contribution in [0.5, 0.6) is 11.5 Å². The van der Waals surface area contributed by atoms with Crippen molar-refractivity contribution in [1.82, 2.24) is 0 Å². The molecule has 3 aromatic carbocycles. The Hall–Kier alpha value is -2.74. The van der Waals surface area contributed by atoms with Crippen molar-refractivity contribution in [3.63, 3.8) is 0 Å². The molecule has 0 aliphatic rings. The molecule has 0 aliphatic carbocycles.